The number of hydrogen-bond donors (Lipinski definition) is 1. The lowest BCUT2D eigenvalue weighted by atomic mass is 10.1. The van der Waals surface area contributed by atoms with Crippen LogP contribution in [0.4, 0.5) is 11.4 Å². The summed E-state index contributed by atoms with van der Waals surface area (Å²) in [6.07, 6.45) is 0. The van der Waals surface area contributed by atoms with Gasteiger partial charge in [-0.2, -0.15) is 0 Å². The molecule has 0 atom stereocenters. The van der Waals surface area contributed by atoms with E-state index in [-0.39, 0.29) is 11.4 Å². The predicted molar refractivity (Wildman–Crippen MR) is 122 cm³/mol. The maximum atomic E-state index is 13.4. The molecular weight excluding hydrogens is 420 g/mol. The summed E-state index contributed by atoms with van der Waals surface area (Å²) in [5.74, 6) is -0.431. The first-order valence-corrected chi connectivity index (χ1v) is 11.2. The topological polar surface area (TPSA) is 66.5 Å². The molecule has 0 spiro atoms. The third-order valence-corrected chi connectivity index (χ3v) is 6.89. The van der Waals surface area contributed by atoms with Gasteiger partial charge in [0.25, 0.3) is 10.0 Å². The Hall–Kier alpha value is -2.83. The number of benzene rings is 3. The number of hydrogen-bond acceptors (Lipinski definition) is 3. The van der Waals surface area contributed by atoms with Gasteiger partial charge in [0.1, 0.15) is 6.54 Å². The van der Waals surface area contributed by atoms with E-state index < -0.39 is 15.9 Å². The van der Waals surface area contributed by atoms with Crippen LogP contribution in [0, 0.1) is 20.8 Å². The lowest BCUT2D eigenvalue weighted by Crippen LogP contribution is -2.38. The van der Waals surface area contributed by atoms with Gasteiger partial charge in [-0.1, -0.05) is 35.9 Å². The van der Waals surface area contributed by atoms with Crippen molar-refractivity contribution in [2.45, 2.75) is 25.7 Å². The Balaban J connectivity index is 1.95. The van der Waals surface area contributed by atoms with Gasteiger partial charge in [0.2, 0.25) is 5.91 Å². The van der Waals surface area contributed by atoms with Gasteiger partial charge in [-0.25, -0.2) is 8.42 Å². The van der Waals surface area contributed by atoms with Crippen LogP contribution >= 0.6 is 11.6 Å². The molecule has 0 saturated heterocycles. The van der Waals surface area contributed by atoms with Crippen molar-refractivity contribution in [3.05, 3.63) is 88.4 Å². The largest absolute Gasteiger partial charge is 0.325 e. The number of para-hydroxylation sites is 1. The molecule has 3 rings (SSSR count). The first-order valence-electron chi connectivity index (χ1n) is 9.39. The second kappa shape index (κ2) is 8.90. The highest BCUT2D eigenvalue weighted by atomic mass is 35.5. The first kappa shape index (κ1) is 21.9. The molecule has 0 unspecified atom stereocenters. The van der Waals surface area contributed by atoms with Crippen LogP contribution in [0.3, 0.4) is 0 Å². The Labute approximate surface area is 182 Å². The SMILES string of the molecule is Cc1ccc(NC(=O)CN(c2ccccc2C)S(=O)(=O)c2ccc(Cl)cc2)cc1C. The number of nitrogens with one attached hydrogen (secondary N) is 1. The number of halogens is 1. The quantitative estimate of drug-likeness (QED) is 0.577. The molecule has 0 bridgehead atoms. The molecule has 30 heavy (non-hydrogen) atoms. The molecule has 0 radical (unpaired) electrons. The lowest BCUT2D eigenvalue weighted by molar-refractivity contribution is -0.114. The van der Waals surface area contributed by atoms with Gasteiger partial charge in [-0.05, 0) is 79.9 Å². The Kier molecular flexibility index (Phi) is 6.48. The van der Waals surface area contributed by atoms with E-state index in [0.29, 0.717) is 16.4 Å². The van der Waals surface area contributed by atoms with Gasteiger partial charge >= 0.3 is 0 Å². The summed E-state index contributed by atoms with van der Waals surface area (Å²) in [6.45, 7) is 5.39. The second-order valence-corrected chi connectivity index (χ2v) is 9.40. The van der Waals surface area contributed by atoms with Gasteiger partial charge < -0.3 is 5.32 Å². The number of nitrogens with zero attached hydrogens (tertiary/aromatic N) is 1. The number of carbonyl (C=O) groups excluding carboxylic acids is 1. The number of aryl methyl sites for hydroxylation is 3. The van der Waals surface area contributed by atoms with E-state index in [2.05, 4.69) is 5.32 Å². The molecule has 0 aliphatic rings. The third-order valence-electron chi connectivity index (χ3n) is 4.86. The minimum Gasteiger partial charge on any atom is -0.325 e. The van der Waals surface area contributed by atoms with Crippen LogP contribution in [0.15, 0.2) is 71.6 Å². The fraction of sp³-hybridized carbons (Fsp3) is 0.174. The molecule has 0 aromatic heterocycles. The Bertz CT molecular complexity index is 1180. The molecule has 0 aliphatic carbocycles. The number of rotatable bonds is 6. The van der Waals surface area contributed by atoms with Gasteiger partial charge in [0, 0.05) is 10.7 Å². The minimum atomic E-state index is -3.98. The molecule has 156 valence electrons. The molecule has 1 N–H and O–H groups in total. The fourth-order valence-electron chi connectivity index (χ4n) is 3.03. The van der Waals surface area contributed by atoms with Crippen molar-refractivity contribution in [1.82, 2.24) is 0 Å². The maximum absolute atomic E-state index is 13.4. The highest BCUT2D eigenvalue weighted by Crippen LogP contribution is 2.27. The summed E-state index contributed by atoms with van der Waals surface area (Å²) in [6, 6.07) is 18.5. The summed E-state index contributed by atoms with van der Waals surface area (Å²) in [4.78, 5) is 12.9. The van der Waals surface area contributed by atoms with Crippen LogP contribution in [0.1, 0.15) is 16.7 Å². The van der Waals surface area contributed by atoms with Crippen LogP contribution in [-0.2, 0) is 14.8 Å². The van der Waals surface area contributed by atoms with Crippen molar-refractivity contribution in [2.24, 2.45) is 0 Å². The first-order chi connectivity index (χ1) is 14.2. The minimum absolute atomic E-state index is 0.0640. The highest BCUT2D eigenvalue weighted by molar-refractivity contribution is 7.92. The third kappa shape index (κ3) is 4.83. The molecule has 0 saturated carbocycles. The summed E-state index contributed by atoms with van der Waals surface area (Å²) in [7, 11) is -3.98. The molecule has 7 heteroatoms. The number of sulfonamides is 1. The van der Waals surface area contributed by atoms with Crippen molar-refractivity contribution >= 4 is 38.9 Å². The lowest BCUT2D eigenvalue weighted by Gasteiger charge is -2.25. The number of carbonyl (C=O) groups is 1. The van der Waals surface area contributed by atoms with Crippen LogP contribution in [0.2, 0.25) is 5.02 Å². The molecule has 0 fully saturated rings. The van der Waals surface area contributed by atoms with Crippen LogP contribution in [0.25, 0.3) is 0 Å². The highest BCUT2D eigenvalue weighted by Gasteiger charge is 2.28. The Morgan fingerprint density at radius 1 is 0.900 bits per heavy atom. The maximum Gasteiger partial charge on any atom is 0.264 e. The summed E-state index contributed by atoms with van der Waals surface area (Å²) in [5.41, 5.74) is 3.96. The second-order valence-electron chi connectivity index (χ2n) is 7.10. The van der Waals surface area contributed by atoms with Crippen molar-refractivity contribution < 1.29 is 13.2 Å². The smallest absolute Gasteiger partial charge is 0.264 e. The molecule has 0 heterocycles. The van der Waals surface area contributed by atoms with Crippen molar-refractivity contribution in [3.8, 4) is 0 Å². The van der Waals surface area contributed by atoms with Crippen LogP contribution in [-0.4, -0.2) is 20.9 Å². The van der Waals surface area contributed by atoms with E-state index in [9.17, 15) is 13.2 Å². The van der Waals surface area contributed by atoms with Gasteiger partial charge in [-0.3, -0.25) is 9.10 Å². The molecule has 5 nitrogen and oxygen atoms in total. The van der Waals surface area contributed by atoms with Gasteiger partial charge in [0.05, 0.1) is 10.6 Å². The average molecular weight is 443 g/mol. The standard InChI is InChI=1S/C23H23ClN2O3S/c1-16-8-11-20(14-18(16)3)25-23(27)15-26(22-7-5-4-6-17(22)2)30(28,29)21-12-9-19(24)10-13-21/h4-14H,15H2,1-3H3,(H,25,27). The molecule has 3 aromatic carbocycles. The zero-order chi connectivity index (χ0) is 21.9. The number of anilines is 2. The molecule has 0 aliphatic heterocycles. The van der Waals surface area contributed by atoms with Crippen molar-refractivity contribution in [3.63, 3.8) is 0 Å². The van der Waals surface area contributed by atoms with E-state index in [1.807, 2.05) is 32.0 Å². The fourth-order valence-corrected chi connectivity index (χ4v) is 4.64. The van der Waals surface area contributed by atoms with E-state index in [1.165, 1.54) is 24.3 Å². The zero-order valence-electron chi connectivity index (χ0n) is 17.0. The normalized spacial score (nSPS) is 11.2. The van der Waals surface area contributed by atoms with E-state index >= 15 is 0 Å². The van der Waals surface area contributed by atoms with Gasteiger partial charge in [0.15, 0.2) is 0 Å². The van der Waals surface area contributed by atoms with Gasteiger partial charge in [-0.15, -0.1) is 0 Å². The molecule has 1 amide bonds. The Morgan fingerprint density at radius 2 is 1.57 bits per heavy atom. The summed E-state index contributed by atoms with van der Waals surface area (Å²) >= 11 is 5.91. The van der Waals surface area contributed by atoms with E-state index in [0.717, 1.165) is 21.0 Å². The van der Waals surface area contributed by atoms with E-state index in [1.54, 1.807) is 31.2 Å². The summed E-state index contributed by atoms with van der Waals surface area (Å²) < 4.78 is 27.9. The molecular formula is C23H23ClN2O3S. The molecule has 3 aromatic rings. The van der Waals surface area contributed by atoms with Crippen molar-refractivity contribution in [1.29, 1.82) is 0 Å². The predicted octanol–water partition coefficient (Wildman–Crippen LogP) is 5.10. The summed E-state index contributed by atoms with van der Waals surface area (Å²) in [5, 5.41) is 3.23. The average Bonchev–Trinajstić information content (AvgIpc) is 2.70. The van der Waals surface area contributed by atoms with Crippen LogP contribution < -0.4 is 9.62 Å². The monoisotopic (exact) mass is 442 g/mol. The Morgan fingerprint density at radius 3 is 2.20 bits per heavy atom. The van der Waals surface area contributed by atoms with Crippen LogP contribution in [0.5, 0.6) is 0 Å². The van der Waals surface area contributed by atoms with Crippen molar-refractivity contribution in [2.75, 3.05) is 16.2 Å². The van der Waals surface area contributed by atoms with E-state index in [4.69, 9.17) is 11.6 Å². The zero-order valence-corrected chi connectivity index (χ0v) is 18.6. The number of amides is 1.